The van der Waals surface area contributed by atoms with Crippen molar-refractivity contribution in [1.29, 1.82) is 0 Å². The van der Waals surface area contributed by atoms with Crippen LogP contribution >= 0.6 is 23.4 Å². The van der Waals surface area contributed by atoms with Crippen LogP contribution in [0.4, 0.5) is 11.4 Å². The second-order valence-electron chi connectivity index (χ2n) is 4.47. The number of carbonyl (C=O) groups is 1. The standard InChI is InChI=1S/C13H16ClN5OS/c1-8-17-18-13(19(8)2)21-6-5-12(20)16-11-4-3-9(15)7-10(11)14/h3-4,7H,5-6,15H2,1-2H3,(H,16,20). The molecule has 1 amide bonds. The number of halogens is 1. The highest BCUT2D eigenvalue weighted by Gasteiger charge is 2.09. The van der Waals surface area contributed by atoms with Crippen molar-refractivity contribution in [3.05, 3.63) is 29.0 Å². The number of aryl methyl sites for hydroxylation is 1. The first-order valence-corrected chi connectivity index (χ1v) is 7.67. The lowest BCUT2D eigenvalue weighted by Gasteiger charge is -2.07. The van der Waals surface area contributed by atoms with E-state index in [0.29, 0.717) is 28.6 Å². The molecule has 0 fully saturated rings. The van der Waals surface area contributed by atoms with Gasteiger partial charge >= 0.3 is 0 Å². The molecule has 0 saturated heterocycles. The van der Waals surface area contributed by atoms with E-state index >= 15 is 0 Å². The number of rotatable bonds is 5. The van der Waals surface area contributed by atoms with Crippen LogP contribution in [-0.4, -0.2) is 26.4 Å². The van der Waals surface area contributed by atoms with Gasteiger partial charge in [-0.1, -0.05) is 23.4 Å². The highest BCUT2D eigenvalue weighted by Crippen LogP contribution is 2.24. The van der Waals surface area contributed by atoms with Crippen molar-refractivity contribution < 1.29 is 4.79 Å². The first-order valence-electron chi connectivity index (χ1n) is 6.31. The van der Waals surface area contributed by atoms with Gasteiger partial charge in [0, 0.05) is 24.9 Å². The van der Waals surface area contributed by atoms with Gasteiger partial charge in [0.15, 0.2) is 5.16 Å². The molecular weight excluding hydrogens is 310 g/mol. The van der Waals surface area contributed by atoms with E-state index in [1.54, 1.807) is 18.2 Å². The Hall–Kier alpha value is -1.73. The van der Waals surface area contributed by atoms with Crippen LogP contribution in [0.3, 0.4) is 0 Å². The van der Waals surface area contributed by atoms with E-state index in [4.69, 9.17) is 17.3 Å². The topological polar surface area (TPSA) is 85.8 Å². The number of nitrogens with zero attached hydrogens (tertiary/aromatic N) is 3. The smallest absolute Gasteiger partial charge is 0.225 e. The Morgan fingerprint density at radius 1 is 1.48 bits per heavy atom. The van der Waals surface area contributed by atoms with E-state index in [-0.39, 0.29) is 5.91 Å². The van der Waals surface area contributed by atoms with E-state index in [1.165, 1.54) is 11.8 Å². The van der Waals surface area contributed by atoms with Crippen molar-refractivity contribution in [2.24, 2.45) is 7.05 Å². The molecule has 0 spiro atoms. The summed E-state index contributed by atoms with van der Waals surface area (Å²) in [6.45, 7) is 1.88. The van der Waals surface area contributed by atoms with Crippen molar-refractivity contribution in [2.75, 3.05) is 16.8 Å². The van der Waals surface area contributed by atoms with Crippen LogP contribution in [-0.2, 0) is 11.8 Å². The summed E-state index contributed by atoms with van der Waals surface area (Å²) >= 11 is 7.49. The molecule has 0 radical (unpaired) electrons. The number of aromatic nitrogens is 3. The Balaban J connectivity index is 1.84. The molecule has 2 rings (SSSR count). The van der Waals surface area contributed by atoms with E-state index in [9.17, 15) is 4.79 Å². The van der Waals surface area contributed by atoms with E-state index in [1.807, 2.05) is 18.5 Å². The molecule has 0 aliphatic heterocycles. The maximum atomic E-state index is 11.9. The number of anilines is 2. The SMILES string of the molecule is Cc1nnc(SCCC(=O)Nc2ccc(N)cc2Cl)n1C. The van der Waals surface area contributed by atoms with Gasteiger partial charge in [-0.3, -0.25) is 4.79 Å². The summed E-state index contributed by atoms with van der Waals surface area (Å²) in [5.41, 5.74) is 6.73. The number of carbonyl (C=O) groups excluding carboxylic acids is 1. The van der Waals surface area contributed by atoms with E-state index in [0.717, 1.165) is 11.0 Å². The van der Waals surface area contributed by atoms with Gasteiger partial charge in [-0.05, 0) is 25.1 Å². The minimum Gasteiger partial charge on any atom is -0.399 e. The molecule has 2 aromatic rings. The molecular formula is C13H16ClN5OS. The first kappa shape index (κ1) is 15.7. The number of nitrogens with two attached hydrogens (primary N) is 1. The predicted molar refractivity (Wildman–Crippen MR) is 85.6 cm³/mol. The summed E-state index contributed by atoms with van der Waals surface area (Å²) in [6.07, 6.45) is 0.358. The lowest BCUT2D eigenvalue weighted by atomic mass is 10.3. The van der Waals surface area contributed by atoms with Gasteiger partial charge in [0.05, 0.1) is 10.7 Å². The van der Waals surface area contributed by atoms with Crippen molar-refractivity contribution in [2.45, 2.75) is 18.5 Å². The van der Waals surface area contributed by atoms with Crippen molar-refractivity contribution >= 4 is 40.6 Å². The summed E-state index contributed by atoms with van der Waals surface area (Å²) in [6, 6.07) is 4.99. The van der Waals surface area contributed by atoms with Crippen LogP contribution in [0.5, 0.6) is 0 Å². The summed E-state index contributed by atoms with van der Waals surface area (Å²) < 4.78 is 1.89. The Labute approximate surface area is 132 Å². The fourth-order valence-corrected chi connectivity index (χ4v) is 2.72. The molecule has 6 nitrogen and oxygen atoms in total. The summed E-state index contributed by atoms with van der Waals surface area (Å²) in [5, 5.41) is 12.0. The lowest BCUT2D eigenvalue weighted by Crippen LogP contribution is -2.12. The summed E-state index contributed by atoms with van der Waals surface area (Å²) in [7, 11) is 1.89. The monoisotopic (exact) mass is 325 g/mol. The summed E-state index contributed by atoms with van der Waals surface area (Å²) in [4.78, 5) is 11.9. The zero-order chi connectivity index (χ0) is 15.4. The third kappa shape index (κ3) is 4.12. The van der Waals surface area contributed by atoms with Crippen molar-refractivity contribution in [3.8, 4) is 0 Å². The van der Waals surface area contributed by atoms with Gasteiger partial charge < -0.3 is 15.6 Å². The third-order valence-corrected chi connectivity index (χ3v) is 4.21. The third-order valence-electron chi connectivity index (χ3n) is 2.88. The normalized spacial score (nSPS) is 10.6. The number of hydrogen-bond acceptors (Lipinski definition) is 5. The molecule has 0 aliphatic rings. The molecule has 1 aromatic heterocycles. The molecule has 3 N–H and O–H groups in total. The number of hydrogen-bond donors (Lipinski definition) is 2. The molecule has 0 saturated carbocycles. The average Bonchev–Trinajstić information content (AvgIpc) is 2.74. The molecule has 8 heteroatoms. The molecule has 0 aliphatic carbocycles. The van der Waals surface area contributed by atoms with Gasteiger partial charge in [-0.25, -0.2) is 0 Å². The maximum Gasteiger partial charge on any atom is 0.225 e. The predicted octanol–water partition coefficient (Wildman–Crippen LogP) is 2.48. The fraction of sp³-hybridized carbons (Fsp3) is 0.308. The first-order chi connectivity index (χ1) is 9.97. The molecule has 0 unspecified atom stereocenters. The van der Waals surface area contributed by atoms with Crippen molar-refractivity contribution in [3.63, 3.8) is 0 Å². The van der Waals surface area contributed by atoms with Gasteiger partial charge in [-0.15, -0.1) is 10.2 Å². The Morgan fingerprint density at radius 2 is 2.24 bits per heavy atom. The quantitative estimate of drug-likeness (QED) is 0.651. The number of amides is 1. The molecule has 0 atom stereocenters. The fourth-order valence-electron chi connectivity index (χ4n) is 1.59. The molecule has 0 bridgehead atoms. The van der Waals surface area contributed by atoms with Crippen LogP contribution in [0.25, 0.3) is 0 Å². The Morgan fingerprint density at radius 3 is 2.86 bits per heavy atom. The second kappa shape index (κ2) is 6.82. The highest BCUT2D eigenvalue weighted by atomic mass is 35.5. The van der Waals surface area contributed by atoms with Crippen LogP contribution in [0.1, 0.15) is 12.2 Å². The molecule has 21 heavy (non-hydrogen) atoms. The average molecular weight is 326 g/mol. The Bertz CT molecular complexity index is 658. The second-order valence-corrected chi connectivity index (χ2v) is 5.94. The van der Waals surface area contributed by atoms with Crippen LogP contribution < -0.4 is 11.1 Å². The minimum atomic E-state index is -0.104. The number of thioether (sulfide) groups is 1. The van der Waals surface area contributed by atoms with Crippen molar-refractivity contribution in [1.82, 2.24) is 14.8 Å². The Kier molecular flexibility index (Phi) is 5.08. The van der Waals surface area contributed by atoms with Crippen LogP contribution in [0, 0.1) is 6.92 Å². The molecule has 1 heterocycles. The lowest BCUT2D eigenvalue weighted by molar-refractivity contribution is -0.115. The summed E-state index contributed by atoms with van der Waals surface area (Å²) in [5.74, 6) is 1.35. The van der Waals surface area contributed by atoms with Crippen LogP contribution in [0.2, 0.25) is 5.02 Å². The minimum absolute atomic E-state index is 0.104. The highest BCUT2D eigenvalue weighted by molar-refractivity contribution is 7.99. The molecule has 112 valence electrons. The van der Waals surface area contributed by atoms with Gasteiger partial charge in [-0.2, -0.15) is 0 Å². The molecule has 1 aromatic carbocycles. The van der Waals surface area contributed by atoms with Gasteiger partial charge in [0.2, 0.25) is 5.91 Å². The van der Waals surface area contributed by atoms with Gasteiger partial charge in [0.1, 0.15) is 5.82 Å². The van der Waals surface area contributed by atoms with E-state index < -0.39 is 0 Å². The zero-order valence-electron chi connectivity index (χ0n) is 11.8. The van der Waals surface area contributed by atoms with Gasteiger partial charge in [0.25, 0.3) is 0 Å². The number of nitrogens with one attached hydrogen (secondary N) is 1. The van der Waals surface area contributed by atoms with Crippen LogP contribution in [0.15, 0.2) is 23.4 Å². The number of benzene rings is 1. The zero-order valence-corrected chi connectivity index (χ0v) is 13.3. The van der Waals surface area contributed by atoms with E-state index in [2.05, 4.69) is 15.5 Å². The number of nitrogen functional groups attached to an aromatic ring is 1. The maximum absolute atomic E-state index is 11.9. The largest absolute Gasteiger partial charge is 0.399 e.